The summed E-state index contributed by atoms with van der Waals surface area (Å²) in [6.07, 6.45) is 5.32. The summed E-state index contributed by atoms with van der Waals surface area (Å²) < 4.78 is 2.28. The SMILES string of the molecule is CCC1CCCC1Nc1cc(Br)ccc1Br. The van der Waals surface area contributed by atoms with Gasteiger partial charge in [0.15, 0.2) is 0 Å². The van der Waals surface area contributed by atoms with Crippen LogP contribution in [0.2, 0.25) is 0 Å². The van der Waals surface area contributed by atoms with Crippen molar-refractivity contribution < 1.29 is 0 Å². The molecular formula is C13H17Br2N. The summed E-state index contributed by atoms with van der Waals surface area (Å²) in [7, 11) is 0. The number of hydrogen-bond donors (Lipinski definition) is 1. The molecule has 0 saturated heterocycles. The van der Waals surface area contributed by atoms with Gasteiger partial charge in [-0.2, -0.15) is 0 Å². The number of benzene rings is 1. The summed E-state index contributed by atoms with van der Waals surface area (Å²) in [4.78, 5) is 0. The molecule has 0 heterocycles. The zero-order chi connectivity index (χ0) is 11.5. The van der Waals surface area contributed by atoms with Crippen LogP contribution in [0.25, 0.3) is 0 Å². The Hall–Kier alpha value is -0.0200. The van der Waals surface area contributed by atoms with Crippen molar-refractivity contribution in [3.8, 4) is 0 Å². The Morgan fingerprint density at radius 2 is 2.12 bits per heavy atom. The van der Waals surface area contributed by atoms with Crippen molar-refractivity contribution in [2.45, 2.75) is 38.6 Å². The average molecular weight is 347 g/mol. The molecule has 1 N–H and O–H groups in total. The molecule has 1 aliphatic rings. The van der Waals surface area contributed by atoms with E-state index in [1.165, 1.54) is 31.4 Å². The molecular weight excluding hydrogens is 330 g/mol. The predicted octanol–water partition coefficient (Wildman–Crippen LogP) is 5.20. The summed E-state index contributed by atoms with van der Waals surface area (Å²) in [5, 5.41) is 3.67. The third-order valence-electron chi connectivity index (χ3n) is 3.45. The summed E-state index contributed by atoms with van der Waals surface area (Å²) in [6, 6.07) is 6.94. The summed E-state index contributed by atoms with van der Waals surface area (Å²) >= 11 is 7.11. The molecule has 0 radical (unpaired) electrons. The van der Waals surface area contributed by atoms with Crippen LogP contribution in [0.5, 0.6) is 0 Å². The van der Waals surface area contributed by atoms with Crippen molar-refractivity contribution >= 4 is 37.5 Å². The van der Waals surface area contributed by atoms with E-state index in [4.69, 9.17) is 0 Å². The van der Waals surface area contributed by atoms with Gasteiger partial charge < -0.3 is 5.32 Å². The zero-order valence-corrected chi connectivity index (χ0v) is 12.6. The fourth-order valence-electron chi connectivity index (χ4n) is 2.52. The van der Waals surface area contributed by atoms with Gasteiger partial charge in [0.2, 0.25) is 0 Å². The lowest BCUT2D eigenvalue weighted by molar-refractivity contribution is 0.489. The molecule has 0 spiro atoms. The van der Waals surface area contributed by atoms with Crippen LogP contribution in [0, 0.1) is 5.92 Å². The monoisotopic (exact) mass is 345 g/mol. The Balaban J connectivity index is 2.11. The number of rotatable bonds is 3. The summed E-state index contributed by atoms with van der Waals surface area (Å²) in [6.45, 7) is 2.29. The second kappa shape index (κ2) is 5.54. The van der Waals surface area contributed by atoms with Gasteiger partial charge in [-0.3, -0.25) is 0 Å². The van der Waals surface area contributed by atoms with Crippen molar-refractivity contribution in [1.82, 2.24) is 0 Å². The van der Waals surface area contributed by atoms with Gasteiger partial charge in [-0.15, -0.1) is 0 Å². The molecule has 1 saturated carbocycles. The second-order valence-corrected chi connectivity index (χ2v) is 6.24. The van der Waals surface area contributed by atoms with E-state index in [-0.39, 0.29) is 0 Å². The normalized spacial score (nSPS) is 24.7. The van der Waals surface area contributed by atoms with Gasteiger partial charge in [0.25, 0.3) is 0 Å². The van der Waals surface area contributed by atoms with E-state index in [0.29, 0.717) is 6.04 Å². The molecule has 2 rings (SSSR count). The molecule has 88 valence electrons. The van der Waals surface area contributed by atoms with E-state index in [1.54, 1.807) is 0 Å². The maximum atomic E-state index is 3.67. The largest absolute Gasteiger partial charge is 0.381 e. The molecule has 0 amide bonds. The first-order chi connectivity index (χ1) is 7.70. The molecule has 1 aromatic carbocycles. The third kappa shape index (κ3) is 2.80. The number of halogens is 2. The van der Waals surface area contributed by atoms with Gasteiger partial charge in [-0.25, -0.2) is 0 Å². The molecule has 1 aliphatic carbocycles. The van der Waals surface area contributed by atoms with E-state index in [1.807, 2.05) is 0 Å². The van der Waals surface area contributed by atoms with Crippen LogP contribution >= 0.6 is 31.9 Å². The Bertz CT molecular complexity index is 365. The fourth-order valence-corrected chi connectivity index (χ4v) is 3.25. The highest BCUT2D eigenvalue weighted by molar-refractivity contribution is 9.11. The molecule has 16 heavy (non-hydrogen) atoms. The zero-order valence-electron chi connectivity index (χ0n) is 9.47. The highest BCUT2D eigenvalue weighted by atomic mass is 79.9. The minimum absolute atomic E-state index is 0.649. The predicted molar refractivity (Wildman–Crippen MR) is 76.9 cm³/mol. The van der Waals surface area contributed by atoms with Crippen LogP contribution in [0.15, 0.2) is 27.1 Å². The first-order valence-electron chi connectivity index (χ1n) is 5.92. The highest BCUT2D eigenvalue weighted by Gasteiger charge is 2.25. The number of nitrogens with one attached hydrogen (secondary N) is 1. The van der Waals surface area contributed by atoms with E-state index in [0.717, 1.165) is 14.9 Å². The van der Waals surface area contributed by atoms with Gasteiger partial charge >= 0.3 is 0 Å². The maximum Gasteiger partial charge on any atom is 0.0498 e. The Morgan fingerprint density at radius 3 is 2.88 bits per heavy atom. The topological polar surface area (TPSA) is 12.0 Å². The smallest absolute Gasteiger partial charge is 0.0498 e. The maximum absolute atomic E-state index is 3.67. The molecule has 0 aromatic heterocycles. The quantitative estimate of drug-likeness (QED) is 0.792. The first-order valence-corrected chi connectivity index (χ1v) is 7.51. The highest BCUT2D eigenvalue weighted by Crippen LogP contribution is 2.33. The molecule has 1 nitrogen and oxygen atoms in total. The Morgan fingerprint density at radius 1 is 1.31 bits per heavy atom. The lowest BCUT2D eigenvalue weighted by atomic mass is 10.0. The Labute approximate surface area is 114 Å². The van der Waals surface area contributed by atoms with E-state index in [9.17, 15) is 0 Å². The molecule has 1 fully saturated rings. The molecule has 2 unspecified atom stereocenters. The van der Waals surface area contributed by atoms with Crippen LogP contribution < -0.4 is 5.32 Å². The molecule has 2 atom stereocenters. The molecule has 3 heteroatoms. The number of hydrogen-bond acceptors (Lipinski definition) is 1. The fraction of sp³-hybridized carbons (Fsp3) is 0.538. The van der Waals surface area contributed by atoms with Gasteiger partial charge in [0.1, 0.15) is 0 Å². The molecule has 0 aliphatic heterocycles. The van der Waals surface area contributed by atoms with Crippen molar-refractivity contribution in [2.75, 3.05) is 5.32 Å². The van der Waals surface area contributed by atoms with Crippen molar-refractivity contribution in [2.24, 2.45) is 5.92 Å². The van der Waals surface area contributed by atoms with E-state index >= 15 is 0 Å². The number of anilines is 1. The van der Waals surface area contributed by atoms with Crippen molar-refractivity contribution in [3.63, 3.8) is 0 Å². The molecule has 1 aromatic rings. The Kier molecular flexibility index (Phi) is 4.31. The van der Waals surface area contributed by atoms with Crippen LogP contribution in [-0.4, -0.2) is 6.04 Å². The summed E-state index contributed by atoms with van der Waals surface area (Å²) in [5.41, 5.74) is 1.21. The minimum atomic E-state index is 0.649. The van der Waals surface area contributed by atoms with Crippen LogP contribution in [0.3, 0.4) is 0 Å². The van der Waals surface area contributed by atoms with Crippen molar-refractivity contribution in [3.05, 3.63) is 27.1 Å². The third-order valence-corrected chi connectivity index (χ3v) is 4.64. The lowest BCUT2D eigenvalue weighted by Gasteiger charge is -2.21. The van der Waals surface area contributed by atoms with Crippen molar-refractivity contribution in [1.29, 1.82) is 0 Å². The standard InChI is InChI=1S/C13H17Br2N/c1-2-9-4-3-5-12(9)16-13-8-10(14)6-7-11(13)15/h6-9,12,16H,2-5H2,1H3. The van der Waals surface area contributed by atoms with Gasteiger partial charge in [0, 0.05) is 20.7 Å². The van der Waals surface area contributed by atoms with Crippen LogP contribution in [-0.2, 0) is 0 Å². The average Bonchev–Trinajstić information content (AvgIpc) is 2.71. The summed E-state index contributed by atoms with van der Waals surface area (Å²) in [5.74, 6) is 0.839. The van der Waals surface area contributed by atoms with E-state index < -0.39 is 0 Å². The van der Waals surface area contributed by atoms with Crippen LogP contribution in [0.1, 0.15) is 32.6 Å². The minimum Gasteiger partial charge on any atom is -0.381 e. The molecule has 0 bridgehead atoms. The first kappa shape index (κ1) is 12.4. The van der Waals surface area contributed by atoms with Crippen LogP contribution in [0.4, 0.5) is 5.69 Å². The lowest BCUT2D eigenvalue weighted by Crippen LogP contribution is -2.23. The van der Waals surface area contributed by atoms with Gasteiger partial charge in [-0.05, 0) is 52.9 Å². The van der Waals surface area contributed by atoms with Gasteiger partial charge in [-0.1, -0.05) is 35.7 Å². The van der Waals surface area contributed by atoms with Gasteiger partial charge in [0.05, 0.1) is 0 Å². The van der Waals surface area contributed by atoms with E-state index in [2.05, 4.69) is 62.3 Å². The second-order valence-electron chi connectivity index (χ2n) is 4.47.